The van der Waals surface area contributed by atoms with E-state index in [9.17, 15) is 22.4 Å². The Morgan fingerprint density at radius 2 is 1.79 bits per heavy atom. The third-order valence-corrected chi connectivity index (χ3v) is 9.20. The van der Waals surface area contributed by atoms with Crippen LogP contribution >= 0.6 is 0 Å². The Balaban J connectivity index is 1.17. The van der Waals surface area contributed by atoms with Gasteiger partial charge in [0.1, 0.15) is 5.82 Å². The second-order valence-corrected chi connectivity index (χ2v) is 12.5. The maximum Gasteiger partial charge on any atom is 0.254 e. The molecule has 13 heteroatoms. The summed E-state index contributed by atoms with van der Waals surface area (Å²) in [6.07, 6.45) is 8.20. The molecule has 3 aliphatic rings. The zero-order valence-corrected chi connectivity index (χ0v) is 21.9. The first-order valence-corrected chi connectivity index (χ1v) is 14.7. The molecule has 0 atom stereocenters. The van der Waals surface area contributed by atoms with Crippen LogP contribution in [0.5, 0.6) is 0 Å². The number of anilines is 2. The minimum absolute atomic E-state index is 0.00891. The lowest BCUT2D eigenvalue weighted by molar-refractivity contribution is -0.124. The number of nitrogens with zero attached hydrogens (tertiary/aromatic N) is 4. The second-order valence-electron chi connectivity index (χ2n) is 10.4. The van der Waals surface area contributed by atoms with E-state index in [0.717, 1.165) is 31.7 Å². The standard InChI is InChI=1S/C26H28FN7O4S/c27-18-2-1-3-21(12-18)39(37,38)14-15-4-6-19(7-5-15)29-25-32-23-17(10-16-11-22(35)31-24(16)36)13-28-34(23)26(33-25)30-20-8-9-20/h1-3,10,12-13,15,19-20H,4-9,11,14H2,(H,31,35,36)(H2,29,30,32,33)/b16-10+. The molecule has 39 heavy (non-hydrogen) atoms. The summed E-state index contributed by atoms with van der Waals surface area (Å²) in [6.45, 7) is 0. The Hall–Kier alpha value is -3.87. The molecule has 3 heterocycles. The van der Waals surface area contributed by atoms with E-state index in [1.54, 1.807) is 16.8 Å². The van der Waals surface area contributed by atoms with Crippen molar-refractivity contribution in [3.63, 3.8) is 0 Å². The van der Waals surface area contributed by atoms with Crippen molar-refractivity contribution in [1.82, 2.24) is 24.9 Å². The average Bonchev–Trinajstić information content (AvgIpc) is 3.53. The number of halogens is 1. The van der Waals surface area contributed by atoms with Crippen molar-refractivity contribution < 1.29 is 22.4 Å². The van der Waals surface area contributed by atoms with Crippen LogP contribution in [0.25, 0.3) is 11.7 Å². The van der Waals surface area contributed by atoms with Crippen molar-refractivity contribution in [2.75, 3.05) is 16.4 Å². The summed E-state index contributed by atoms with van der Waals surface area (Å²) >= 11 is 0. The smallest absolute Gasteiger partial charge is 0.254 e. The largest absolute Gasteiger partial charge is 0.351 e. The number of imide groups is 1. The van der Waals surface area contributed by atoms with Gasteiger partial charge in [0.05, 0.1) is 23.3 Å². The van der Waals surface area contributed by atoms with Gasteiger partial charge in [-0.3, -0.25) is 14.9 Å². The molecule has 1 saturated heterocycles. The molecule has 11 nitrogen and oxygen atoms in total. The van der Waals surface area contributed by atoms with Crippen LogP contribution in [0.4, 0.5) is 16.3 Å². The molecule has 0 unspecified atom stereocenters. The van der Waals surface area contributed by atoms with Gasteiger partial charge in [0.15, 0.2) is 15.5 Å². The molecule has 204 valence electrons. The van der Waals surface area contributed by atoms with E-state index >= 15 is 0 Å². The highest BCUT2D eigenvalue weighted by Gasteiger charge is 2.29. The minimum Gasteiger partial charge on any atom is -0.351 e. The van der Waals surface area contributed by atoms with Crippen LogP contribution in [0.3, 0.4) is 0 Å². The number of benzene rings is 1. The van der Waals surface area contributed by atoms with E-state index in [1.807, 2.05) is 0 Å². The van der Waals surface area contributed by atoms with E-state index in [-0.39, 0.29) is 34.9 Å². The van der Waals surface area contributed by atoms with Crippen LogP contribution in [-0.2, 0) is 19.4 Å². The van der Waals surface area contributed by atoms with Crippen molar-refractivity contribution in [3.8, 4) is 0 Å². The zero-order chi connectivity index (χ0) is 27.1. The van der Waals surface area contributed by atoms with Crippen LogP contribution in [0.1, 0.15) is 50.5 Å². The lowest BCUT2D eigenvalue weighted by atomic mass is 9.87. The van der Waals surface area contributed by atoms with Gasteiger partial charge in [-0.2, -0.15) is 19.6 Å². The van der Waals surface area contributed by atoms with Crippen molar-refractivity contribution in [3.05, 3.63) is 47.4 Å². The van der Waals surface area contributed by atoms with Gasteiger partial charge in [-0.1, -0.05) is 6.07 Å². The summed E-state index contributed by atoms with van der Waals surface area (Å²) in [5, 5.41) is 13.5. The molecule has 2 saturated carbocycles. The Bertz CT molecular complexity index is 1590. The molecule has 2 aliphatic carbocycles. The molecule has 3 N–H and O–H groups in total. The molecule has 1 aliphatic heterocycles. The van der Waals surface area contributed by atoms with Crippen molar-refractivity contribution in [2.24, 2.45) is 5.92 Å². The molecule has 6 rings (SSSR count). The quantitative estimate of drug-likeness (QED) is 0.283. The van der Waals surface area contributed by atoms with Gasteiger partial charge in [0.25, 0.3) is 5.91 Å². The number of carbonyl (C=O) groups excluding carboxylic acids is 2. The lowest BCUT2D eigenvalue weighted by Gasteiger charge is -2.29. The Morgan fingerprint density at radius 3 is 2.49 bits per heavy atom. The molecule has 0 radical (unpaired) electrons. The number of aromatic nitrogens is 4. The highest BCUT2D eigenvalue weighted by atomic mass is 32.2. The zero-order valence-electron chi connectivity index (χ0n) is 21.1. The first-order chi connectivity index (χ1) is 18.7. The SMILES string of the molecule is O=C1C/C(=C\c2cnn3c(NC4CC4)nc(NC4CCC(CS(=O)(=O)c5cccc(F)c5)CC4)nc23)C(=O)N1. The Labute approximate surface area is 224 Å². The van der Waals surface area contributed by atoms with E-state index in [2.05, 4.69) is 31.0 Å². The fourth-order valence-corrected chi connectivity index (χ4v) is 6.82. The van der Waals surface area contributed by atoms with Gasteiger partial charge in [-0.25, -0.2) is 12.8 Å². The molecular formula is C26H28FN7O4S. The third kappa shape index (κ3) is 5.63. The summed E-state index contributed by atoms with van der Waals surface area (Å²) in [5.41, 5.74) is 1.46. The van der Waals surface area contributed by atoms with Crippen molar-refractivity contribution >= 4 is 45.3 Å². The van der Waals surface area contributed by atoms with E-state index in [4.69, 9.17) is 0 Å². The van der Waals surface area contributed by atoms with E-state index < -0.39 is 21.6 Å². The number of fused-ring (bicyclic) bond motifs is 1. The maximum absolute atomic E-state index is 13.5. The van der Waals surface area contributed by atoms with Crippen LogP contribution in [0.15, 0.2) is 40.9 Å². The summed E-state index contributed by atoms with van der Waals surface area (Å²) < 4.78 is 40.7. The number of hydrogen-bond acceptors (Lipinski definition) is 9. The van der Waals surface area contributed by atoms with Crippen molar-refractivity contribution in [2.45, 2.75) is 61.9 Å². The molecule has 2 aromatic heterocycles. The summed E-state index contributed by atoms with van der Waals surface area (Å²) in [6, 6.07) is 5.52. The third-order valence-electron chi connectivity index (χ3n) is 7.32. The van der Waals surface area contributed by atoms with Crippen molar-refractivity contribution in [1.29, 1.82) is 0 Å². The molecule has 0 spiro atoms. The number of rotatable bonds is 8. The van der Waals surface area contributed by atoms with Gasteiger partial charge >= 0.3 is 0 Å². The fourth-order valence-electron chi connectivity index (χ4n) is 5.10. The molecule has 0 bridgehead atoms. The number of amides is 2. The highest BCUT2D eigenvalue weighted by molar-refractivity contribution is 7.91. The van der Waals surface area contributed by atoms with Gasteiger partial charge in [0.2, 0.25) is 17.8 Å². The fraction of sp³-hybridized carbons (Fsp3) is 0.423. The normalized spacial score (nSPS) is 22.8. The summed E-state index contributed by atoms with van der Waals surface area (Å²) in [4.78, 5) is 33.0. The lowest BCUT2D eigenvalue weighted by Crippen LogP contribution is -2.30. The predicted octanol–water partition coefficient (Wildman–Crippen LogP) is 2.71. The van der Waals surface area contributed by atoms with Crippen LogP contribution in [0, 0.1) is 11.7 Å². The molecular weight excluding hydrogens is 525 g/mol. The average molecular weight is 554 g/mol. The first-order valence-electron chi connectivity index (χ1n) is 13.1. The number of hydrogen-bond donors (Lipinski definition) is 3. The van der Waals surface area contributed by atoms with Crippen LogP contribution < -0.4 is 16.0 Å². The van der Waals surface area contributed by atoms with E-state index in [1.165, 1.54) is 18.2 Å². The topological polar surface area (TPSA) is 147 Å². The first kappa shape index (κ1) is 25.4. The van der Waals surface area contributed by atoms with Gasteiger partial charge in [-0.05, 0) is 68.7 Å². The van der Waals surface area contributed by atoms with Gasteiger partial charge in [0, 0.05) is 23.2 Å². The summed E-state index contributed by atoms with van der Waals surface area (Å²) in [5.74, 6) is -0.390. The van der Waals surface area contributed by atoms with Crippen LogP contribution in [0.2, 0.25) is 0 Å². The maximum atomic E-state index is 13.5. The van der Waals surface area contributed by atoms with E-state index in [0.29, 0.717) is 47.6 Å². The number of nitrogens with one attached hydrogen (secondary N) is 3. The molecule has 3 aromatic rings. The summed E-state index contributed by atoms with van der Waals surface area (Å²) in [7, 11) is -3.57. The van der Waals surface area contributed by atoms with Gasteiger partial charge in [-0.15, -0.1) is 0 Å². The monoisotopic (exact) mass is 553 g/mol. The predicted molar refractivity (Wildman–Crippen MR) is 141 cm³/mol. The Kier molecular flexibility index (Phi) is 6.53. The molecule has 3 fully saturated rings. The second kappa shape index (κ2) is 10.0. The molecule has 2 amide bonds. The Morgan fingerprint density at radius 1 is 1.05 bits per heavy atom. The van der Waals surface area contributed by atoms with Crippen LogP contribution in [-0.4, -0.2) is 57.7 Å². The number of carbonyl (C=O) groups is 2. The minimum atomic E-state index is -3.57. The highest BCUT2D eigenvalue weighted by Crippen LogP contribution is 2.30. The molecule has 1 aromatic carbocycles. The van der Waals surface area contributed by atoms with Gasteiger partial charge < -0.3 is 10.6 Å². The number of sulfone groups is 1.